The van der Waals surface area contributed by atoms with Crippen molar-refractivity contribution in [2.75, 3.05) is 6.54 Å². The predicted octanol–water partition coefficient (Wildman–Crippen LogP) is 1.37. The van der Waals surface area contributed by atoms with Crippen LogP contribution in [0.25, 0.3) is 0 Å². The van der Waals surface area contributed by atoms with E-state index in [4.69, 9.17) is 5.73 Å². The van der Waals surface area contributed by atoms with Crippen LogP contribution < -0.4 is 10.5 Å². The molecule has 0 amide bonds. The Morgan fingerprint density at radius 1 is 1.14 bits per heavy atom. The molecule has 112 valence electrons. The van der Waals surface area contributed by atoms with E-state index in [1.807, 2.05) is 19.1 Å². The van der Waals surface area contributed by atoms with Gasteiger partial charge in [0, 0.05) is 5.69 Å². The number of sulfonamides is 1. The SMILES string of the molecule is Cc1cccc(CNS(=O)(=O)c2ccc(CCN)cc2)n1. The number of nitrogens with zero attached hydrogens (tertiary/aromatic N) is 1. The van der Waals surface area contributed by atoms with E-state index in [9.17, 15) is 8.42 Å². The summed E-state index contributed by atoms with van der Waals surface area (Å²) in [7, 11) is -3.52. The lowest BCUT2D eigenvalue weighted by Gasteiger charge is -2.07. The number of nitrogens with two attached hydrogens (primary N) is 1. The lowest BCUT2D eigenvalue weighted by atomic mass is 10.2. The van der Waals surface area contributed by atoms with Crippen molar-refractivity contribution in [3.8, 4) is 0 Å². The Kier molecular flexibility index (Phi) is 5.06. The van der Waals surface area contributed by atoms with Gasteiger partial charge in [0.05, 0.1) is 17.1 Å². The number of rotatable bonds is 6. The van der Waals surface area contributed by atoms with Crippen molar-refractivity contribution in [1.29, 1.82) is 0 Å². The summed E-state index contributed by atoms with van der Waals surface area (Å²) in [5.41, 5.74) is 8.05. The number of aromatic nitrogens is 1. The van der Waals surface area contributed by atoms with E-state index in [0.29, 0.717) is 12.2 Å². The first kappa shape index (κ1) is 15.6. The highest BCUT2D eigenvalue weighted by Crippen LogP contribution is 2.11. The fraction of sp³-hybridized carbons (Fsp3) is 0.267. The predicted molar refractivity (Wildman–Crippen MR) is 82.2 cm³/mol. The first-order valence-electron chi connectivity index (χ1n) is 6.72. The third kappa shape index (κ3) is 4.35. The van der Waals surface area contributed by atoms with Crippen LogP contribution in [0.1, 0.15) is 17.0 Å². The number of aryl methyl sites for hydroxylation is 1. The van der Waals surface area contributed by atoms with Gasteiger partial charge in [-0.15, -0.1) is 0 Å². The molecule has 0 unspecified atom stereocenters. The Labute approximate surface area is 125 Å². The minimum Gasteiger partial charge on any atom is -0.330 e. The highest BCUT2D eigenvalue weighted by Gasteiger charge is 2.13. The number of benzene rings is 1. The Morgan fingerprint density at radius 2 is 1.86 bits per heavy atom. The summed E-state index contributed by atoms with van der Waals surface area (Å²) in [4.78, 5) is 4.51. The quantitative estimate of drug-likeness (QED) is 0.844. The molecule has 0 saturated carbocycles. The van der Waals surface area contributed by atoms with Crippen molar-refractivity contribution >= 4 is 10.0 Å². The van der Waals surface area contributed by atoms with Gasteiger partial charge in [-0.25, -0.2) is 13.1 Å². The van der Waals surface area contributed by atoms with Crippen LogP contribution in [0.3, 0.4) is 0 Å². The van der Waals surface area contributed by atoms with Gasteiger partial charge in [0.1, 0.15) is 0 Å². The van der Waals surface area contributed by atoms with Gasteiger partial charge < -0.3 is 5.73 Å². The van der Waals surface area contributed by atoms with E-state index in [1.54, 1.807) is 30.3 Å². The lowest BCUT2D eigenvalue weighted by Crippen LogP contribution is -2.23. The molecule has 0 fully saturated rings. The van der Waals surface area contributed by atoms with Crippen molar-refractivity contribution in [2.45, 2.75) is 24.8 Å². The molecule has 0 aliphatic carbocycles. The highest BCUT2D eigenvalue weighted by atomic mass is 32.2. The minimum absolute atomic E-state index is 0.175. The number of pyridine rings is 1. The van der Waals surface area contributed by atoms with Crippen LogP contribution in [-0.4, -0.2) is 19.9 Å². The highest BCUT2D eigenvalue weighted by molar-refractivity contribution is 7.89. The van der Waals surface area contributed by atoms with E-state index in [1.165, 1.54) is 0 Å². The van der Waals surface area contributed by atoms with Crippen LogP contribution in [0, 0.1) is 6.92 Å². The molecule has 0 aliphatic rings. The fourth-order valence-electron chi connectivity index (χ4n) is 1.95. The largest absolute Gasteiger partial charge is 0.330 e. The number of hydrogen-bond donors (Lipinski definition) is 2. The molecule has 2 aromatic rings. The van der Waals surface area contributed by atoms with Gasteiger partial charge in [-0.1, -0.05) is 18.2 Å². The molecule has 3 N–H and O–H groups in total. The molecule has 1 aromatic heterocycles. The third-order valence-corrected chi connectivity index (χ3v) is 4.47. The fourth-order valence-corrected chi connectivity index (χ4v) is 2.95. The maximum atomic E-state index is 12.2. The molecule has 6 heteroatoms. The van der Waals surface area contributed by atoms with Gasteiger partial charge >= 0.3 is 0 Å². The smallest absolute Gasteiger partial charge is 0.240 e. The molecule has 5 nitrogen and oxygen atoms in total. The summed E-state index contributed by atoms with van der Waals surface area (Å²) in [6, 6.07) is 12.3. The maximum Gasteiger partial charge on any atom is 0.240 e. The van der Waals surface area contributed by atoms with Gasteiger partial charge in [-0.05, 0) is 49.7 Å². The van der Waals surface area contributed by atoms with Crippen LogP contribution in [-0.2, 0) is 23.0 Å². The summed E-state index contributed by atoms with van der Waals surface area (Å²) in [5, 5.41) is 0. The van der Waals surface area contributed by atoms with Crippen LogP contribution in [0.5, 0.6) is 0 Å². The van der Waals surface area contributed by atoms with Crippen LogP contribution in [0.2, 0.25) is 0 Å². The van der Waals surface area contributed by atoms with Crippen LogP contribution in [0.15, 0.2) is 47.4 Å². The average Bonchev–Trinajstić information content (AvgIpc) is 2.46. The Bertz CT molecular complexity index is 697. The van der Waals surface area contributed by atoms with E-state index >= 15 is 0 Å². The first-order valence-corrected chi connectivity index (χ1v) is 8.21. The molecular weight excluding hydrogens is 286 g/mol. The van der Waals surface area contributed by atoms with E-state index < -0.39 is 10.0 Å². The molecule has 0 saturated heterocycles. The molecule has 1 aromatic carbocycles. The number of nitrogens with one attached hydrogen (secondary N) is 1. The van der Waals surface area contributed by atoms with Gasteiger partial charge in [-0.2, -0.15) is 0 Å². The summed E-state index contributed by atoms with van der Waals surface area (Å²) in [5.74, 6) is 0. The third-order valence-electron chi connectivity index (χ3n) is 3.06. The second kappa shape index (κ2) is 6.80. The molecular formula is C15H19N3O2S. The molecule has 0 bridgehead atoms. The maximum absolute atomic E-state index is 12.2. The first-order chi connectivity index (χ1) is 10.0. The van der Waals surface area contributed by atoms with Gasteiger partial charge in [0.15, 0.2) is 0 Å². The Hall–Kier alpha value is -1.76. The van der Waals surface area contributed by atoms with Crippen molar-refractivity contribution in [3.05, 3.63) is 59.4 Å². The van der Waals surface area contributed by atoms with E-state index in [-0.39, 0.29) is 11.4 Å². The van der Waals surface area contributed by atoms with Gasteiger partial charge in [0.25, 0.3) is 0 Å². The van der Waals surface area contributed by atoms with Crippen molar-refractivity contribution in [3.63, 3.8) is 0 Å². The second-order valence-corrected chi connectivity index (χ2v) is 6.54. The van der Waals surface area contributed by atoms with Crippen molar-refractivity contribution in [1.82, 2.24) is 9.71 Å². The summed E-state index contributed by atoms with van der Waals surface area (Å²) < 4.78 is 26.9. The van der Waals surface area contributed by atoms with Crippen molar-refractivity contribution in [2.24, 2.45) is 5.73 Å². The summed E-state index contributed by atoms with van der Waals surface area (Å²) >= 11 is 0. The Balaban J connectivity index is 2.07. The zero-order chi connectivity index (χ0) is 15.3. The number of hydrogen-bond acceptors (Lipinski definition) is 4. The summed E-state index contributed by atoms with van der Waals surface area (Å²) in [6.07, 6.45) is 0.737. The topological polar surface area (TPSA) is 85.1 Å². The molecule has 1 heterocycles. The second-order valence-electron chi connectivity index (χ2n) is 4.78. The molecule has 0 atom stereocenters. The monoisotopic (exact) mass is 305 g/mol. The normalized spacial score (nSPS) is 11.5. The molecule has 0 radical (unpaired) electrons. The molecule has 0 spiro atoms. The van der Waals surface area contributed by atoms with E-state index in [0.717, 1.165) is 17.7 Å². The summed E-state index contributed by atoms with van der Waals surface area (Å²) in [6.45, 7) is 2.59. The lowest BCUT2D eigenvalue weighted by molar-refractivity contribution is 0.580. The zero-order valence-electron chi connectivity index (χ0n) is 11.9. The molecule has 0 aliphatic heterocycles. The molecule has 21 heavy (non-hydrogen) atoms. The van der Waals surface area contributed by atoms with Gasteiger partial charge in [0.2, 0.25) is 10.0 Å². The van der Waals surface area contributed by atoms with Crippen LogP contribution in [0.4, 0.5) is 0 Å². The van der Waals surface area contributed by atoms with E-state index in [2.05, 4.69) is 9.71 Å². The average molecular weight is 305 g/mol. The minimum atomic E-state index is -3.52. The Morgan fingerprint density at radius 3 is 2.48 bits per heavy atom. The van der Waals surface area contributed by atoms with Crippen molar-refractivity contribution < 1.29 is 8.42 Å². The van der Waals surface area contributed by atoms with Crippen LogP contribution >= 0.6 is 0 Å². The van der Waals surface area contributed by atoms with Gasteiger partial charge in [-0.3, -0.25) is 4.98 Å². The molecule has 2 rings (SSSR count). The zero-order valence-corrected chi connectivity index (χ0v) is 12.7. The standard InChI is InChI=1S/C15H19N3O2S/c1-12-3-2-4-14(18-12)11-17-21(19,20)15-7-5-13(6-8-15)9-10-16/h2-8,17H,9-11,16H2,1H3.